The summed E-state index contributed by atoms with van der Waals surface area (Å²) in [6, 6.07) is 0.0537. The van der Waals surface area contributed by atoms with E-state index in [1.54, 1.807) is 7.11 Å². The van der Waals surface area contributed by atoms with E-state index in [1.165, 1.54) is 5.57 Å². The van der Waals surface area contributed by atoms with Crippen LogP contribution in [-0.4, -0.2) is 79.1 Å². The molecule has 4 N–H and O–H groups in total. The van der Waals surface area contributed by atoms with Crippen molar-refractivity contribution in [2.75, 3.05) is 20.3 Å². The maximum absolute atomic E-state index is 12.8. The second kappa shape index (κ2) is 10.7. The van der Waals surface area contributed by atoms with E-state index >= 15 is 0 Å². The molecule has 4 unspecified atom stereocenters. The summed E-state index contributed by atoms with van der Waals surface area (Å²) >= 11 is 0. The summed E-state index contributed by atoms with van der Waals surface area (Å²) in [5.41, 5.74) is 2.52. The van der Waals surface area contributed by atoms with Gasteiger partial charge in [-0.2, -0.15) is 5.48 Å². The highest BCUT2D eigenvalue weighted by molar-refractivity contribution is 5.78. The molecule has 4 fully saturated rings. The molecule has 0 bridgehead atoms. The van der Waals surface area contributed by atoms with Crippen LogP contribution < -0.4 is 16.1 Å². The topological polar surface area (TPSA) is 134 Å². The van der Waals surface area contributed by atoms with Crippen LogP contribution in [0.3, 0.4) is 0 Å². The van der Waals surface area contributed by atoms with E-state index in [2.05, 4.69) is 37.5 Å². The van der Waals surface area contributed by atoms with Crippen LogP contribution in [0.1, 0.15) is 65.7 Å². The molecule has 2 heterocycles. The highest BCUT2D eigenvalue weighted by Crippen LogP contribution is 2.59. The van der Waals surface area contributed by atoms with E-state index in [-0.39, 0.29) is 60.0 Å². The number of hydrogen-bond acceptors (Lipinski definition) is 8. The van der Waals surface area contributed by atoms with Crippen LogP contribution in [0.4, 0.5) is 4.79 Å². The van der Waals surface area contributed by atoms with Gasteiger partial charge in [0.2, 0.25) is 5.91 Å². The lowest BCUT2D eigenvalue weighted by Gasteiger charge is -2.42. The van der Waals surface area contributed by atoms with E-state index in [0.29, 0.717) is 13.0 Å². The Morgan fingerprint density at radius 1 is 1.11 bits per heavy atom. The van der Waals surface area contributed by atoms with E-state index in [4.69, 9.17) is 24.2 Å². The standard InChI is InChI=1S/C25H41N3O7/c1-15(2)5-10-19-24(3,35-19)22-21(32-4)18(11-12-25(22)14-33-25)34-23(30)28-17-8-6-16(7-9-17)27-20(29)13-26-31/h5,16-19,21-22,26,31H,6-14H2,1-4H3,(H,27,29)(H,28,30)/t16-,17-,18?,19-,21?,22?,24?,25+/m1/s1. The molecule has 198 valence electrons. The third kappa shape index (κ3) is 5.99. The van der Waals surface area contributed by atoms with Crippen molar-refractivity contribution in [3.8, 4) is 0 Å². The smallest absolute Gasteiger partial charge is 0.407 e. The summed E-state index contributed by atoms with van der Waals surface area (Å²) in [7, 11) is 1.67. The molecule has 2 amide bonds. The fourth-order valence-corrected chi connectivity index (χ4v) is 6.14. The van der Waals surface area contributed by atoms with Gasteiger partial charge in [0.05, 0.1) is 25.2 Å². The molecular formula is C25H41N3O7. The van der Waals surface area contributed by atoms with Crippen LogP contribution in [-0.2, 0) is 23.7 Å². The normalized spacial score (nSPS) is 40.0. The number of methoxy groups -OCH3 is 1. The summed E-state index contributed by atoms with van der Waals surface area (Å²) in [5, 5.41) is 14.5. The molecule has 4 rings (SSSR count). The Morgan fingerprint density at radius 3 is 2.34 bits per heavy atom. The molecule has 2 aliphatic heterocycles. The van der Waals surface area contributed by atoms with Gasteiger partial charge in [-0.1, -0.05) is 11.6 Å². The van der Waals surface area contributed by atoms with Gasteiger partial charge in [-0.25, -0.2) is 4.79 Å². The summed E-state index contributed by atoms with van der Waals surface area (Å²) in [4.78, 5) is 24.4. The van der Waals surface area contributed by atoms with Gasteiger partial charge in [-0.3, -0.25) is 4.79 Å². The van der Waals surface area contributed by atoms with E-state index in [0.717, 1.165) is 38.5 Å². The summed E-state index contributed by atoms with van der Waals surface area (Å²) in [5.74, 6) is -0.246. The average molecular weight is 496 g/mol. The van der Waals surface area contributed by atoms with Gasteiger partial charge in [0.1, 0.15) is 23.4 Å². The van der Waals surface area contributed by atoms with Crippen LogP contribution in [0.25, 0.3) is 0 Å². The van der Waals surface area contributed by atoms with Crippen molar-refractivity contribution < 1.29 is 33.7 Å². The van der Waals surface area contributed by atoms with E-state index in [1.807, 2.05) is 5.48 Å². The maximum Gasteiger partial charge on any atom is 0.407 e. The first-order valence-corrected chi connectivity index (χ1v) is 12.8. The molecule has 10 nitrogen and oxygen atoms in total. The van der Waals surface area contributed by atoms with Gasteiger partial charge >= 0.3 is 6.09 Å². The van der Waals surface area contributed by atoms with Crippen LogP contribution in [0, 0.1) is 5.92 Å². The zero-order valence-corrected chi connectivity index (χ0v) is 21.3. The second-order valence-corrected chi connectivity index (χ2v) is 10.9. The minimum Gasteiger partial charge on any atom is -0.443 e. The Kier molecular flexibility index (Phi) is 8.07. The monoisotopic (exact) mass is 495 g/mol. The number of hydroxylamine groups is 1. The van der Waals surface area contributed by atoms with Gasteiger partial charge in [-0.05, 0) is 65.7 Å². The highest BCUT2D eigenvalue weighted by Gasteiger charge is 2.72. The fraction of sp³-hybridized carbons (Fsp3) is 0.840. The quantitative estimate of drug-likeness (QED) is 0.217. The Hall–Kier alpha value is -1.72. The van der Waals surface area contributed by atoms with Crippen LogP contribution in [0.2, 0.25) is 0 Å². The first-order chi connectivity index (χ1) is 16.7. The molecule has 2 saturated heterocycles. The Labute approximate surface area is 207 Å². The van der Waals surface area contributed by atoms with Crippen molar-refractivity contribution in [1.82, 2.24) is 16.1 Å². The number of amides is 2. The molecule has 2 saturated carbocycles. The predicted octanol–water partition coefficient (Wildman–Crippen LogP) is 2.20. The number of carbonyl (C=O) groups excluding carboxylic acids is 2. The van der Waals surface area contributed by atoms with Gasteiger partial charge < -0.3 is 34.8 Å². The lowest BCUT2D eigenvalue weighted by molar-refractivity contribution is -0.122. The zero-order valence-electron chi connectivity index (χ0n) is 21.3. The van der Waals surface area contributed by atoms with Crippen molar-refractivity contribution in [1.29, 1.82) is 0 Å². The first kappa shape index (κ1) is 26.3. The average Bonchev–Trinajstić information content (AvgIpc) is 3.72. The van der Waals surface area contributed by atoms with Gasteiger partial charge in [0.25, 0.3) is 0 Å². The van der Waals surface area contributed by atoms with E-state index in [9.17, 15) is 9.59 Å². The molecule has 2 aliphatic carbocycles. The molecule has 1 spiro atoms. The third-order valence-corrected chi connectivity index (χ3v) is 8.15. The van der Waals surface area contributed by atoms with Crippen molar-refractivity contribution in [2.24, 2.45) is 5.92 Å². The molecule has 10 heteroatoms. The molecule has 0 aromatic carbocycles. The molecule has 35 heavy (non-hydrogen) atoms. The lowest BCUT2D eigenvalue weighted by atomic mass is 9.68. The van der Waals surface area contributed by atoms with Crippen molar-refractivity contribution in [3.63, 3.8) is 0 Å². The maximum atomic E-state index is 12.8. The van der Waals surface area contributed by atoms with Crippen LogP contribution in [0.5, 0.6) is 0 Å². The number of alkyl carbamates (subject to hydrolysis) is 1. The van der Waals surface area contributed by atoms with Gasteiger partial charge in [-0.15, -0.1) is 0 Å². The number of ether oxygens (including phenoxy) is 4. The first-order valence-electron chi connectivity index (χ1n) is 12.8. The number of carbonyl (C=O) groups is 2. The molecule has 6 atom stereocenters. The number of hydrogen-bond donors (Lipinski definition) is 4. The predicted molar refractivity (Wildman–Crippen MR) is 127 cm³/mol. The summed E-state index contributed by atoms with van der Waals surface area (Å²) in [6.45, 7) is 6.87. The fourth-order valence-electron chi connectivity index (χ4n) is 6.14. The summed E-state index contributed by atoms with van der Waals surface area (Å²) in [6.07, 6.45) is 6.60. The highest BCUT2D eigenvalue weighted by atomic mass is 16.6. The minimum absolute atomic E-state index is 0.00263. The van der Waals surface area contributed by atoms with Crippen LogP contribution >= 0.6 is 0 Å². The van der Waals surface area contributed by atoms with E-state index < -0.39 is 6.09 Å². The molecule has 0 aromatic rings. The molecule has 0 aromatic heterocycles. The third-order valence-electron chi connectivity index (χ3n) is 8.15. The number of nitrogens with one attached hydrogen (secondary N) is 3. The minimum atomic E-state index is -0.427. The Balaban J connectivity index is 1.30. The SMILES string of the molecule is COC1C(OC(=O)N[C@H]2CC[C@H](NC(=O)CNO)CC2)CC[C@]2(CO2)C1C1(C)O[C@@H]1CC=C(C)C. The summed E-state index contributed by atoms with van der Waals surface area (Å²) < 4.78 is 24.1. The number of rotatable bonds is 9. The van der Waals surface area contributed by atoms with Crippen molar-refractivity contribution in [3.05, 3.63) is 11.6 Å². The Morgan fingerprint density at radius 2 is 1.77 bits per heavy atom. The van der Waals surface area contributed by atoms with Crippen molar-refractivity contribution >= 4 is 12.0 Å². The second-order valence-electron chi connectivity index (χ2n) is 10.9. The Bertz CT molecular complexity index is 805. The number of allylic oxidation sites excluding steroid dienone is 1. The molecular weight excluding hydrogens is 454 g/mol. The molecule has 0 radical (unpaired) electrons. The van der Waals surface area contributed by atoms with Crippen LogP contribution in [0.15, 0.2) is 11.6 Å². The molecule has 4 aliphatic rings. The zero-order chi connectivity index (χ0) is 25.2. The van der Waals surface area contributed by atoms with Gasteiger partial charge in [0.15, 0.2) is 0 Å². The number of epoxide rings is 2. The van der Waals surface area contributed by atoms with Crippen molar-refractivity contribution in [2.45, 2.75) is 107 Å². The largest absolute Gasteiger partial charge is 0.443 e. The van der Waals surface area contributed by atoms with Gasteiger partial charge in [0, 0.05) is 19.2 Å². The lowest BCUT2D eigenvalue weighted by Crippen LogP contribution is -2.56.